The average molecular weight is 559 g/mol. The molecular weight excluding hydrogens is 524 g/mol. The number of hydrogen-bond acceptors (Lipinski definition) is 4. The molecule has 7 heteroatoms. The molecule has 0 aliphatic carbocycles. The van der Waals surface area contributed by atoms with Gasteiger partial charge in [-0.25, -0.2) is 4.98 Å². The molecule has 0 radical (unpaired) electrons. The van der Waals surface area contributed by atoms with Gasteiger partial charge in [0.25, 0.3) is 5.91 Å². The van der Waals surface area contributed by atoms with Crippen LogP contribution in [0.15, 0.2) is 103 Å². The molecule has 2 amide bonds. The quantitative estimate of drug-likeness (QED) is 0.217. The number of aromatic nitrogens is 2. The van der Waals surface area contributed by atoms with Crippen molar-refractivity contribution in [1.29, 1.82) is 0 Å². The molecule has 5 rings (SSSR count). The fraction of sp³-hybridized carbons (Fsp3) is 0.171. The van der Waals surface area contributed by atoms with E-state index in [1.165, 1.54) is 5.56 Å². The van der Waals surface area contributed by atoms with Crippen LogP contribution in [0.25, 0.3) is 16.9 Å². The SMILES string of the molecule is COc1ccc(-c2cn(-c3ccc(C)c(C)c3)c(NC(=O)CN(Cc3ccccc3)C(=O)c3ccccc3C)n2)cc1. The third-order valence-corrected chi connectivity index (χ3v) is 7.33. The van der Waals surface area contributed by atoms with E-state index in [-0.39, 0.29) is 18.4 Å². The Balaban J connectivity index is 1.46. The van der Waals surface area contributed by atoms with E-state index >= 15 is 0 Å². The van der Waals surface area contributed by atoms with Crippen LogP contribution in [0.3, 0.4) is 0 Å². The van der Waals surface area contributed by atoms with Crippen molar-refractivity contribution in [3.8, 4) is 22.7 Å². The summed E-state index contributed by atoms with van der Waals surface area (Å²) in [7, 11) is 1.63. The number of hydrogen-bond donors (Lipinski definition) is 1. The summed E-state index contributed by atoms with van der Waals surface area (Å²) in [6, 6.07) is 30.8. The van der Waals surface area contributed by atoms with Crippen molar-refractivity contribution in [1.82, 2.24) is 14.5 Å². The lowest BCUT2D eigenvalue weighted by Crippen LogP contribution is -2.38. The Hall–Kier alpha value is -5.17. The molecule has 7 nitrogen and oxygen atoms in total. The largest absolute Gasteiger partial charge is 0.497 e. The molecule has 0 saturated carbocycles. The third kappa shape index (κ3) is 6.41. The maximum Gasteiger partial charge on any atom is 0.254 e. The Morgan fingerprint density at radius 1 is 0.833 bits per heavy atom. The van der Waals surface area contributed by atoms with Crippen LogP contribution >= 0.6 is 0 Å². The second-order valence-corrected chi connectivity index (χ2v) is 10.3. The van der Waals surface area contributed by atoms with Crippen LogP contribution in [0.2, 0.25) is 0 Å². The Morgan fingerprint density at radius 2 is 1.55 bits per heavy atom. The summed E-state index contributed by atoms with van der Waals surface area (Å²) in [6.45, 7) is 6.17. The van der Waals surface area contributed by atoms with Gasteiger partial charge in [0.2, 0.25) is 11.9 Å². The number of imidazole rings is 1. The highest BCUT2D eigenvalue weighted by Gasteiger charge is 2.22. The lowest BCUT2D eigenvalue weighted by Gasteiger charge is -2.23. The minimum absolute atomic E-state index is 0.139. The van der Waals surface area contributed by atoms with Crippen LogP contribution in [0.4, 0.5) is 5.95 Å². The molecule has 1 heterocycles. The van der Waals surface area contributed by atoms with Crippen LogP contribution < -0.4 is 10.1 Å². The van der Waals surface area contributed by atoms with Gasteiger partial charge in [0, 0.05) is 29.6 Å². The van der Waals surface area contributed by atoms with Crippen molar-refractivity contribution < 1.29 is 14.3 Å². The van der Waals surface area contributed by atoms with Crippen LogP contribution in [0.5, 0.6) is 5.75 Å². The first-order valence-electron chi connectivity index (χ1n) is 13.8. The monoisotopic (exact) mass is 558 g/mol. The number of anilines is 1. The fourth-order valence-corrected chi connectivity index (χ4v) is 4.77. The van der Waals surface area contributed by atoms with Crippen molar-refractivity contribution in [2.75, 3.05) is 19.0 Å². The van der Waals surface area contributed by atoms with Crippen molar-refractivity contribution in [2.24, 2.45) is 0 Å². The summed E-state index contributed by atoms with van der Waals surface area (Å²) >= 11 is 0. The standard InChI is InChI=1S/C35H34N4O3/c1-24-14-17-29(20-26(24)3)39-22-32(28-15-18-30(42-4)19-16-28)36-35(39)37-33(40)23-38(21-27-11-6-5-7-12-27)34(41)31-13-9-8-10-25(31)2/h5-20,22H,21,23H2,1-4H3,(H,36,37,40). The molecule has 212 valence electrons. The van der Waals surface area contributed by atoms with E-state index in [1.54, 1.807) is 18.1 Å². The third-order valence-electron chi connectivity index (χ3n) is 7.33. The number of rotatable bonds is 9. The van der Waals surface area contributed by atoms with Gasteiger partial charge in [-0.15, -0.1) is 0 Å². The first kappa shape index (κ1) is 28.4. The normalized spacial score (nSPS) is 10.8. The molecule has 0 bridgehead atoms. The average Bonchev–Trinajstić information content (AvgIpc) is 3.42. The van der Waals surface area contributed by atoms with Crippen LogP contribution in [0.1, 0.15) is 32.6 Å². The molecular formula is C35H34N4O3. The first-order valence-corrected chi connectivity index (χ1v) is 13.8. The van der Waals surface area contributed by atoms with E-state index in [0.717, 1.165) is 33.7 Å². The molecule has 0 unspecified atom stereocenters. The number of benzene rings is 4. The molecule has 1 N–H and O–H groups in total. The predicted octanol–water partition coefficient (Wildman–Crippen LogP) is 6.75. The van der Waals surface area contributed by atoms with E-state index in [1.807, 2.05) is 103 Å². The molecule has 1 aromatic heterocycles. The molecule has 0 spiro atoms. The molecule has 4 aromatic carbocycles. The smallest absolute Gasteiger partial charge is 0.254 e. The Bertz CT molecular complexity index is 1710. The van der Waals surface area contributed by atoms with E-state index in [2.05, 4.69) is 25.2 Å². The molecule has 5 aromatic rings. The molecule has 0 aliphatic rings. The zero-order valence-electron chi connectivity index (χ0n) is 24.3. The van der Waals surface area contributed by atoms with Gasteiger partial charge in [-0.1, -0.05) is 54.6 Å². The Kier molecular flexibility index (Phi) is 8.48. The summed E-state index contributed by atoms with van der Waals surface area (Å²) in [5.41, 5.74) is 7.12. The molecule has 42 heavy (non-hydrogen) atoms. The lowest BCUT2D eigenvalue weighted by molar-refractivity contribution is -0.117. The van der Waals surface area contributed by atoms with Crippen LogP contribution in [-0.2, 0) is 11.3 Å². The molecule has 0 aliphatic heterocycles. The zero-order valence-corrected chi connectivity index (χ0v) is 24.3. The highest BCUT2D eigenvalue weighted by molar-refractivity contribution is 6.00. The van der Waals surface area contributed by atoms with Gasteiger partial charge < -0.3 is 9.64 Å². The lowest BCUT2D eigenvalue weighted by atomic mass is 10.1. The second kappa shape index (κ2) is 12.6. The zero-order chi connectivity index (χ0) is 29.6. The van der Waals surface area contributed by atoms with Gasteiger partial charge in [-0.05, 0) is 85.5 Å². The molecule has 0 saturated heterocycles. The summed E-state index contributed by atoms with van der Waals surface area (Å²) in [6.07, 6.45) is 1.90. The van der Waals surface area contributed by atoms with Crippen molar-refractivity contribution in [3.05, 3.63) is 131 Å². The van der Waals surface area contributed by atoms with Gasteiger partial charge in [-0.3, -0.25) is 19.5 Å². The highest BCUT2D eigenvalue weighted by Crippen LogP contribution is 2.27. The molecule has 0 atom stereocenters. The van der Waals surface area contributed by atoms with Gasteiger partial charge in [0.15, 0.2) is 0 Å². The van der Waals surface area contributed by atoms with Gasteiger partial charge in [0.05, 0.1) is 12.8 Å². The van der Waals surface area contributed by atoms with Crippen molar-refractivity contribution in [2.45, 2.75) is 27.3 Å². The van der Waals surface area contributed by atoms with Crippen molar-refractivity contribution in [3.63, 3.8) is 0 Å². The van der Waals surface area contributed by atoms with Crippen LogP contribution in [-0.4, -0.2) is 39.9 Å². The van der Waals surface area contributed by atoms with E-state index < -0.39 is 0 Å². The van der Waals surface area contributed by atoms with Crippen LogP contribution in [0, 0.1) is 20.8 Å². The topological polar surface area (TPSA) is 76.5 Å². The number of nitrogens with one attached hydrogen (secondary N) is 1. The maximum absolute atomic E-state index is 13.7. The van der Waals surface area contributed by atoms with Gasteiger partial charge in [-0.2, -0.15) is 0 Å². The summed E-state index contributed by atoms with van der Waals surface area (Å²) in [5, 5.41) is 2.99. The number of nitrogens with zero attached hydrogens (tertiary/aromatic N) is 3. The number of carbonyl (C=O) groups excluding carboxylic acids is 2. The number of ether oxygens (including phenoxy) is 1. The number of carbonyl (C=O) groups is 2. The number of aryl methyl sites for hydroxylation is 3. The summed E-state index contributed by atoms with van der Waals surface area (Å²) < 4.78 is 7.17. The minimum atomic E-state index is -0.343. The Labute approximate surface area is 246 Å². The maximum atomic E-state index is 13.7. The highest BCUT2D eigenvalue weighted by atomic mass is 16.5. The summed E-state index contributed by atoms with van der Waals surface area (Å²) in [5.74, 6) is 0.572. The number of methoxy groups -OCH3 is 1. The van der Waals surface area contributed by atoms with Crippen molar-refractivity contribution >= 4 is 17.8 Å². The second-order valence-electron chi connectivity index (χ2n) is 10.3. The van der Waals surface area contributed by atoms with Gasteiger partial charge >= 0.3 is 0 Å². The van der Waals surface area contributed by atoms with E-state index in [0.29, 0.717) is 23.8 Å². The van der Waals surface area contributed by atoms with E-state index in [4.69, 9.17) is 9.72 Å². The van der Waals surface area contributed by atoms with Gasteiger partial charge in [0.1, 0.15) is 12.3 Å². The summed E-state index contributed by atoms with van der Waals surface area (Å²) in [4.78, 5) is 33.6. The minimum Gasteiger partial charge on any atom is -0.497 e. The number of amides is 2. The fourth-order valence-electron chi connectivity index (χ4n) is 4.77. The van der Waals surface area contributed by atoms with E-state index in [9.17, 15) is 9.59 Å². The Morgan fingerprint density at radius 3 is 2.24 bits per heavy atom. The predicted molar refractivity (Wildman–Crippen MR) is 166 cm³/mol. The first-order chi connectivity index (χ1) is 20.3. The molecule has 0 fully saturated rings.